The van der Waals surface area contributed by atoms with Crippen LogP contribution in [0, 0.1) is 31.6 Å². The van der Waals surface area contributed by atoms with Crippen molar-refractivity contribution in [2.45, 2.75) is 12.8 Å². The number of non-ortho nitro benzene ring substituents is 1. The highest BCUT2D eigenvalue weighted by molar-refractivity contribution is 5.51. The second-order valence-corrected chi connectivity index (χ2v) is 3.11. The number of rotatable bonds is 3. The summed E-state index contributed by atoms with van der Waals surface area (Å²) in [6.45, 7) is 1.49. The van der Waals surface area contributed by atoms with Crippen molar-refractivity contribution < 1.29 is 9.85 Å². The summed E-state index contributed by atoms with van der Waals surface area (Å²) in [4.78, 5) is 19.7. The summed E-state index contributed by atoms with van der Waals surface area (Å²) >= 11 is 0. The van der Waals surface area contributed by atoms with Gasteiger partial charge in [0.1, 0.15) is 0 Å². The predicted octanol–water partition coefficient (Wildman–Crippen LogP) is 2.13. The second-order valence-electron chi connectivity index (χ2n) is 3.11. The third-order valence-electron chi connectivity index (χ3n) is 2.08. The van der Waals surface area contributed by atoms with E-state index in [2.05, 4.69) is 0 Å². The highest BCUT2D eigenvalue weighted by Crippen LogP contribution is 2.29. The molecule has 0 saturated carbocycles. The number of hydrogen-bond donors (Lipinski definition) is 0. The van der Waals surface area contributed by atoms with E-state index in [0.717, 1.165) is 12.1 Å². The predicted molar refractivity (Wildman–Crippen MR) is 53.8 cm³/mol. The lowest BCUT2D eigenvalue weighted by Gasteiger charge is -2.03. The van der Waals surface area contributed by atoms with Crippen LogP contribution in [0.15, 0.2) is 18.2 Å². The molecular weight excluding hydrogens is 214 g/mol. The Hall–Kier alpha value is -2.49. The van der Waals surface area contributed by atoms with E-state index in [4.69, 9.17) is 5.26 Å². The molecule has 0 heterocycles. The van der Waals surface area contributed by atoms with Crippen LogP contribution in [0.5, 0.6) is 0 Å². The molecule has 82 valence electrons. The van der Waals surface area contributed by atoms with Crippen molar-refractivity contribution in [2.75, 3.05) is 0 Å². The summed E-state index contributed by atoms with van der Waals surface area (Å²) in [5.41, 5.74) is -0.582. The van der Waals surface area contributed by atoms with Crippen molar-refractivity contribution in [3.05, 3.63) is 44.0 Å². The maximum absolute atomic E-state index is 10.7. The fraction of sp³-hybridized carbons (Fsp3) is 0.222. The van der Waals surface area contributed by atoms with E-state index < -0.39 is 21.5 Å². The molecule has 0 bridgehead atoms. The zero-order valence-electron chi connectivity index (χ0n) is 8.28. The normalized spacial score (nSPS) is 11.5. The lowest BCUT2D eigenvalue weighted by atomic mass is 10.0. The van der Waals surface area contributed by atoms with Gasteiger partial charge in [0.2, 0.25) is 0 Å². The van der Waals surface area contributed by atoms with E-state index in [1.807, 2.05) is 6.07 Å². The molecule has 7 nitrogen and oxygen atoms in total. The molecule has 1 atom stereocenters. The number of nitro benzene ring substituents is 2. The number of hydrogen-bond acceptors (Lipinski definition) is 5. The molecule has 0 fully saturated rings. The average Bonchev–Trinajstić information content (AvgIpc) is 2.26. The highest BCUT2D eigenvalue weighted by atomic mass is 16.6. The number of nitro groups is 2. The zero-order chi connectivity index (χ0) is 12.3. The quantitative estimate of drug-likeness (QED) is 0.573. The highest BCUT2D eigenvalue weighted by Gasteiger charge is 2.22. The number of nitrogens with zero attached hydrogens (tertiary/aromatic N) is 3. The molecule has 1 aromatic carbocycles. The summed E-state index contributed by atoms with van der Waals surface area (Å²) in [6.07, 6.45) is 0. The lowest BCUT2D eigenvalue weighted by Crippen LogP contribution is -1.99. The molecule has 0 N–H and O–H groups in total. The van der Waals surface area contributed by atoms with Gasteiger partial charge < -0.3 is 0 Å². The molecular formula is C9H7N3O4. The van der Waals surface area contributed by atoms with Gasteiger partial charge in [-0.25, -0.2) is 0 Å². The lowest BCUT2D eigenvalue weighted by molar-refractivity contribution is -0.394. The van der Waals surface area contributed by atoms with Crippen LogP contribution in [0.25, 0.3) is 0 Å². The van der Waals surface area contributed by atoms with E-state index in [0.29, 0.717) is 0 Å². The first-order chi connectivity index (χ1) is 7.47. The van der Waals surface area contributed by atoms with Gasteiger partial charge in [0.15, 0.2) is 0 Å². The molecule has 0 amide bonds. The Labute approximate surface area is 90.2 Å². The second kappa shape index (κ2) is 4.35. The van der Waals surface area contributed by atoms with E-state index in [1.54, 1.807) is 0 Å². The van der Waals surface area contributed by atoms with Gasteiger partial charge >= 0.3 is 0 Å². The van der Waals surface area contributed by atoms with Crippen LogP contribution in [0.1, 0.15) is 18.4 Å². The third kappa shape index (κ3) is 2.12. The van der Waals surface area contributed by atoms with Gasteiger partial charge in [-0.3, -0.25) is 20.2 Å². The van der Waals surface area contributed by atoms with E-state index >= 15 is 0 Å². The van der Waals surface area contributed by atoms with Gasteiger partial charge in [0.25, 0.3) is 11.4 Å². The standard InChI is InChI=1S/C9H7N3O4/c1-6(5-10)8-3-2-7(11(13)14)4-9(8)12(15)16/h2-4,6H,1H3/t6-/m1/s1. The molecule has 0 aliphatic heterocycles. The molecule has 16 heavy (non-hydrogen) atoms. The van der Waals surface area contributed by atoms with Gasteiger partial charge in [-0.15, -0.1) is 0 Å². The molecule has 0 aromatic heterocycles. The van der Waals surface area contributed by atoms with Crippen molar-refractivity contribution in [3.8, 4) is 6.07 Å². The van der Waals surface area contributed by atoms with Gasteiger partial charge in [0, 0.05) is 11.6 Å². The minimum Gasteiger partial charge on any atom is -0.258 e. The summed E-state index contributed by atoms with van der Waals surface area (Å²) < 4.78 is 0. The molecule has 7 heteroatoms. The van der Waals surface area contributed by atoms with Crippen molar-refractivity contribution in [1.82, 2.24) is 0 Å². The van der Waals surface area contributed by atoms with Crippen molar-refractivity contribution in [2.24, 2.45) is 0 Å². The van der Waals surface area contributed by atoms with E-state index in [-0.39, 0.29) is 11.3 Å². The van der Waals surface area contributed by atoms with Crippen LogP contribution >= 0.6 is 0 Å². The van der Waals surface area contributed by atoms with Crippen LogP contribution in [0.3, 0.4) is 0 Å². The fourth-order valence-corrected chi connectivity index (χ4v) is 1.24. The first kappa shape index (κ1) is 11.6. The van der Waals surface area contributed by atoms with Crippen LogP contribution in [-0.2, 0) is 0 Å². The first-order valence-electron chi connectivity index (χ1n) is 4.29. The Balaban J connectivity index is 3.37. The Bertz CT molecular complexity index is 492. The molecule has 0 saturated heterocycles. The Morgan fingerprint density at radius 3 is 2.38 bits per heavy atom. The monoisotopic (exact) mass is 221 g/mol. The first-order valence-corrected chi connectivity index (χ1v) is 4.29. The van der Waals surface area contributed by atoms with E-state index in [9.17, 15) is 20.2 Å². The Kier molecular flexibility index (Phi) is 3.15. The minimum atomic E-state index is -0.726. The van der Waals surface area contributed by atoms with Crippen LogP contribution < -0.4 is 0 Å². The third-order valence-corrected chi connectivity index (χ3v) is 2.08. The summed E-state index contributed by atoms with van der Waals surface area (Å²) in [5.74, 6) is -0.679. The zero-order valence-corrected chi connectivity index (χ0v) is 8.28. The number of nitriles is 1. The molecule has 0 radical (unpaired) electrons. The Morgan fingerprint density at radius 2 is 1.94 bits per heavy atom. The number of benzene rings is 1. The molecule has 1 rings (SSSR count). The smallest absolute Gasteiger partial charge is 0.258 e. The van der Waals surface area contributed by atoms with Gasteiger partial charge in [-0.2, -0.15) is 5.26 Å². The maximum atomic E-state index is 10.7. The Morgan fingerprint density at radius 1 is 1.31 bits per heavy atom. The molecule has 0 aliphatic rings. The van der Waals surface area contributed by atoms with Gasteiger partial charge in [-0.05, 0) is 13.0 Å². The topological polar surface area (TPSA) is 110 Å². The molecule has 0 aliphatic carbocycles. The van der Waals surface area contributed by atoms with Crippen molar-refractivity contribution in [1.29, 1.82) is 5.26 Å². The summed E-state index contributed by atoms with van der Waals surface area (Å²) in [5, 5.41) is 29.8. The van der Waals surface area contributed by atoms with Crippen LogP contribution in [0.4, 0.5) is 11.4 Å². The van der Waals surface area contributed by atoms with Crippen LogP contribution in [0.2, 0.25) is 0 Å². The average molecular weight is 221 g/mol. The minimum absolute atomic E-state index is 0.179. The molecule has 0 unspecified atom stereocenters. The summed E-state index contributed by atoms with van der Waals surface area (Å²) in [6, 6.07) is 5.10. The van der Waals surface area contributed by atoms with E-state index in [1.165, 1.54) is 13.0 Å². The summed E-state index contributed by atoms with van der Waals surface area (Å²) in [7, 11) is 0. The van der Waals surface area contributed by atoms with Crippen molar-refractivity contribution >= 4 is 11.4 Å². The van der Waals surface area contributed by atoms with Gasteiger partial charge in [-0.1, -0.05) is 0 Å². The maximum Gasteiger partial charge on any atom is 0.280 e. The fourth-order valence-electron chi connectivity index (χ4n) is 1.24. The largest absolute Gasteiger partial charge is 0.280 e. The SMILES string of the molecule is C[C@H](C#N)c1ccc([N+](=O)[O-])cc1[N+](=O)[O-]. The molecule has 1 aromatic rings. The van der Waals surface area contributed by atoms with Gasteiger partial charge in [0.05, 0.1) is 27.9 Å². The van der Waals surface area contributed by atoms with Crippen molar-refractivity contribution in [3.63, 3.8) is 0 Å². The molecule has 0 spiro atoms. The van der Waals surface area contributed by atoms with Crippen LogP contribution in [-0.4, -0.2) is 9.85 Å².